The molecule has 1 aliphatic heterocycles. The van der Waals surface area contributed by atoms with Crippen molar-refractivity contribution in [3.8, 4) is 11.3 Å². The second-order valence-corrected chi connectivity index (χ2v) is 9.15. The molecule has 1 aromatic carbocycles. The largest absolute Gasteiger partial charge is 0.612 e. The summed E-state index contributed by atoms with van der Waals surface area (Å²) in [7, 11) is 0. The number of carbonyl (C=O) groups excluding carboxylic acids is 1. The minimum absolute atomic E-state index is 0.107. The first-order valence-corrected chi connectivity index (χ1v) is 11.1. The number of amides is 1. The summed E-state index contributed by atoms with van der Waals surface area (Å²) in [5.41, 5.74) is 4.10. The third kappa shape index (κ3) is 3.67. The van der Waals surface area contributed by atoms with E-state index in [0.29, 0.717) is 16.1 Å². The molecule has 1 amide bonds. The summed E-state index contributed by atoms with van der Waals surface area (Å²) >= 11 is -1.45. The predicted molar refractivity (Wildman–Crippen MR) is 113 cm³/mol. The number of hydrogen-bond donors (Lipinski definition) is 1. The Kier molecular flexibility index (Phi) is 5.34. The van der Waals surface area contributed by atoms with E-state index in [1.165, 1.54) is 29.4 Å². The smallest absolute Gasteiger partial charge is 0.418 e. The molecule has 0 radical (unpaired) electrons. The van der Waals surface area contributed by atoms with Crippen molar-refractivity contribution in [3.05, 3.63) is 36.2 Å². The third-order valence-electron chi connectivity index (χ3n) is 5.28. The maximum atomic E-state index is 13.7. The van der Waals surface area contributed by atoms with Crippen LogP contribution in [-0.4, -0.2) is 50.1 Å². The topological polar surface area (TPSA) is 109 Å². The van der Waals surface area contributed by atoms with Crippen LogP contribution in [0.15, 0.2) is 35.5 Å². The van der Waals surface area contributed by atoms with E-state index in [4.69, 9.17) is 10.5 Å². The van der Waals surface area contributed by atoms with Crippen molar-refractivity contribution in [1.29, 1.82) is 0 Å². The van der Waals surface area contributed by atoms with Crippen LogP contribution in [0, 0.1) is 0 Å². The molecule has 0 saturated carbocycles. The van der Waals surface area contributed by atoms with E-state index < -0.39 is 28.5 Å². The quantitative estimate of drug-likeness (QED) is 0.594. The van der Waals surface area contributed by atoms with Gasteiger partial charge in [0.05, 0.1) is 17.9 Å². The van der Waals surface area contributed by atoms with Crippen molar-refractivity contribution in [2.75, 3.05) is 30.0 Å². The van der Waals surface area contributed by atoms with Gasteiger partial charge in [-0.05, 0) is 49.3 Å². The van der Waals surface area contributed by atoms with Gasteiger partial charge in [0, 0.05) is 12.1 Å². The third-order valence-corrected chi connectivity index (χ3v) is 6.25. The van der Waals surface area contributed by atoms with Crippen molar-refractivity contribution >= 4 is 34.1 Å². The SMILES string of the molecule is C[S+]([O-])c1ccc(-c2cc(C(F)(F)F)c3c(N)ncnn23)cc1N1CCOC(C)(C)C1=O. The number of rotatable bonds is 3. The molecule has 0 aliphatic carbocycles. The molecule has 4 rings (SSSR count). The first-order chi connectivity index (χ1) is 14.9. The number of benzene rings is 1. The minimum atomic E-state index is -4.68. The van der Waals surface area contributed by atoms with Gasteiger partial charge in [-0.1, -0.05) is 0 Å². The number of alkyl halides is 3. The van der Waals surface area contributed by atoms with E-state index in [1.54, 1.807) is 13.8 Å². The van der Waals surface area contributed by atoms with Crippen LogP contribution in [0.3, 0.4) is 0 Å². The lowest BCUT2D eigenvalue weighted by atomic mass is 10.0. The minimum Gasteiger partial charge on any atom is -0.612 e. The molecule has 3 heterocycles. The second-order valence-electron chi connectivity index (χ2n) is 7.80. The van der Waals surface area contributed by atoms with Crippen LogP contribution in [0.5, 0.6) is 0 Å². The lowest BCUT2D eigenvalue weighted by Crippen LogP contribution is -2.54. The molecule has 2 aromatic heterocycles. The van der Waals surface area contributed by atoms with Gasteiger partial charge in [0.1, 0.15) is 29.4 Å². The first kappa shape index (κ1) is 22.4. The van der Waals surface area contributed by atoms with Crippen LogP contribution in [0.4, 0.5) is 24.7 Å². The molecule has 1 saturated heterocycles. The number of carbonyl (C=O) groups is 1. The Bertz CT molecular complexity index is 1210. The Morgan fingerprint density at radius 2 is 2.00 bits per heavy atom. The van der Waals surface area contributed by atoms with Gasteiger partial charge in [-0.3, -0.25) is 4.79 Å². The molecule has 3 aromatic rings. The van der Waals surface area contributed by atoms with Gasteiger partial charge in [-0.2, -0.15) is 18.3 Å². The number of ether oxygens (including phenoxy) is 1. The zero-order chi connectivity index (χ0) is 23.4. The van der Waals surface area contributed by atoms with Crippen LogP contribution in [0.25, 0.3) is 16.8 Å². The van der Waals surface area contributed by atoms with Crippen LogP contribution < -0.4 is 10.6 Å². The van der Waals surface area contributed by atoms with E-state index in [2.05, 4.69) is 10.1 Å². The fraction of sp³-hybridized carbons (Fsp3) is 0.350. The van der Waals surface area contributed by atoms with Crippen molar-refractivity contribution in [3.63, 3.8) is 0 Å². The number of halogens is 3. The average Bonchev–Trinajstić information content (AvgIpc) is 3.11. The molecule has 12 heteroatoms. The molecule has 1 atom stereocenters. The van der Waals surface area contributed by atoms with E-state index in [0.717, 1.165) is 16.9 Å². The molecule has 0 spiro atoms. The lowest BCUT2D eigenvalue weighted by Gasteiger charge is -2.37. The summed E-state index contributed by atoms with van der Waals surface area (Å²) in [4.78, 5) is 18.5. The summed E-state index contributed by atoms with van der Waals surface area (Å²) in [6.07, 6.45) is -2.15. The van der Waals surface area contributed by atoms with Gasteiger partial charge < -0.3 is 19.9 Å². The maximum Gasteiger partial charge on any atom is 0.418 e. The number of nitrogens with zero attached hydrogens (tertiary/aromatic N) is 4. The molecule has 1 unspecified atom stereocenters. The Morgan fingerprint density at radius 3 is 2.66 bits per heavy atom. The number of aromatic nitrogens is 3. The highest BCUT2D eigenvalue weighted by atomic mass is 32.2. The van der Waals surface area contributed by atoms with Gasteiger partial charge in [-0.25, -0.2) is 9.50 Å². The molecular weight excluding hydrogens is 447 g/mol. The fourth-order valence-electron chi connectivity index (χ4n) is 3.73. The number of nitrogen functional groups attached to an aromatic ring is 1. The summed E-state index contributed by atoms with van der Waals surface area (Å²) in [5.74, 6) is -0.648. The summed E-state index contributed by atoms with van der Waals surface area (Å²) in [6, 6.07) is 5.55. The monoisotopic (exact) mass is 467 g/mol. The Labute approximate surface area is 184 Å². The van der Waals surface area contributed by atoms with Crippen molar-refractivity contribution in [2.45, 2.75) is 30.5 Å². The van der Waals surface area contributed by atoms with Crippen molar-refractivity contribution in [1.82, 2.24) is 14.6 Å². The van der Waals surface area contributed by atoms with Gasteiger partial charge in [-0.15, -0.1) is 0 Å². The molecule has 170 valence electrons. The standard InChI is InChI=1S/C20H20F3N5O3S/c1-19(2)18(29)27(6-7-31-19)14-8-11(4-5-15(14)32(3)30)13-9-12(20(21,22)23)16-17(24)25-10-26-28(13)16/h4-5,8-10H,6-7H2,1-3H3,(H2,24,25,26). The maximum absolute atomic E-state index is 13.7. The molecule has 1 fully saturated rings. The van der Waals surface area contributed by atoms with E-state index >= 15 is 0 Å². The lowest BCUT2D eigenvalue weighted by molar-refractivity contribution is -0.144. The van der Waals surface area contributed by atoms with Crippen LogP contribution in [-0.2, 0) is 26.9 Å². The van der Waals surface area contributed by atoms with Crippen LogP contribution >= 0.6 is 0 Å². The highest BCUT2D eigenvalue weighted by Gasteiger charge is 2.40. The Hall–Kier alpha value is -2.83. The van der Waals surface area contributed by atoms with Gasteiger partial charge in [0.2, 0.25) is 0 Å². The fourth-order valence-corrected chi connectivity index (χ4v) is 4.45. The van der Waals surface area contributed by atoms with Crippen LogP contribution in [0.2, 0.25) is 0 Å². The molecule has 32 heavy (non-hydrogen) atoms. The number of nitrogens with two attached hydrogens (primary N) is 1. The number of morpholine rings is 1. The first-order valence-electron chi connectivity index (χ1n) is 9.55. The Morgan fingerprint density at radius 1 is 1.28 bits per heavy atom. The summed E-state index contributed by atoms with van der Waals surface area (Å²) in [5, 5.41) is 3.96. The molecule has 1 aliphatic rings. The number of hydrogen-bond acceptors (Lipinski definition) is 6. The number of fused-ring (bicyclic) bond motifs is 1. The zero-order valence-electron chi connectivity index (χ0n) is 17.4. The highest BCUT2D eigenvalue weighted by molar-refractivity contribution is 7.90. The van der Waals surface area contributed by atoms with E-state index in [-0.39, 0.29) is 36.1 Å². The highest BCUT2D eigenvalue weighted by Crippen LogP contribution is 2.40. The van der Waals surface area contributed by atoms with Gasteiger partial charge in [0.15, 0.2) is 10.7 Å². The van der Waals surface area contributed by atoms with Crippen molar-refractivity contribution in [2.24, 2.45) is 0 Å². The molecular formula is C20H20F3N5O3S. The second kappa shape index (κ2) is 7.64. The molecule has 8 nitrogen and oxygen atoms in total. The number of anilines is 2. The van der Waals surface area contributed by atoms with Crippen LogP contribution in [0.1, 0.15) is 19.4 Å². The van der Waals surface area contributed by atoms with Crippen molar-refractivity contribution < 1.29 is 27.3 Å². The van der Waals surface area contributed by atoms with Gasteiger partial charge in [0.25, 0.3) is 5.91 Å². The van der Waals surface area contributed by atoms with E-state index in [9.17, 15) is 22.5 Å². The Balaban J connectivity index is 1.94. The average molecular weight is 467 g/mol. The molecule has 0 bridgehead atoms. The van der Waals surface area contributed by atoms with Gasteiger partial charge >= 0.3 is 6.18 Å². The zero-order valence-corrected chi connectivity index (χ0v) is 18.3. The normalized spacial score (nSPS) is 17.7. The summed E-state index contributed by atoms with van der Waals surface area (Å²) < 4.78 is 60.0. The summed E-state index contributed by atoms with van der Waals surface area (Å²) in [6.45, 7) is 3.73. The molecule has 2 N–H and O–H groups in total. The predicted octanol–water partition coefficient (Wildman–Crippen LogP) is 2.88. The van der Waals surface area contributed by atoms with E-state index in [1.807, 2.05) is 0 Å².